The van der Waals surface area contributed by atoms with E-state index < -0.39 is 6.09 Å². The lowest BCUT2D eigenvalue weighted by molar-refractivity contribution is 0.0947. The molecule has 0 aliphatic carbocycles. The third-order valence-corrected chi connectivity index (χ3v) is 6.38. The molecule has 0 fully saturated rings. The number of ether oxygens (including phenoxy) is 1. The zero-order valence-corrected chi connectivity index (χ0v) is 21.7. The van der Waals surface area contributed by atoms with Crippen molar-refractivity contribution < 1.29 is 14.3 Å². The van der Waals surface area contributed by atoms with Gasteiger partial charge in [0.15, 0.2) is 0 Å². The molecule has 2 N–H and O–H groups in total. The Morgan fingerprint density at radius 1 is 0.711 bits per heavy atom. The number of carbonyl (C=O) groups excluding carboxylic acids is 2. The molecule has 0 bridgehead atoms. The predicted octanol–water partition coefficient (Wildman–Crippen LogP) is 7.09. The van der Waals surface area contributed by atoms with Crippen molar-refractivity contribution in [1.82, 2.24) is 10.6 Å². The molecule has 5 nitrogen and oxygen atoms in total. The second-order valence-electron chi connectivity index (χ2n) is 9.48. The zero-order chi connectivity index (χ0) is 26.6. The van der Waals surface area contributed by atoms with Crippen LogP contribution in [0, 0.1) is 5.92 Å². The van der Waals surface area contributed by atoms with E-state index in [9.17, 15) is 9.59 Å². The molecule has 194 valence electrons. The molecular weight excluding hydrogens is 472 g/mol. The summed E-state index contributed by atoms with van der Waals surface area (Å²) in [5.41, 5.74) is 5.76. The molecule has 38 heavy (non-hydrogen) atoms. The van der Waals surface area contributed by atoms with Gasteiger partial charge in [-0.25, -0.2) is 4.79 Å². The lowest BCUT2D eigenvalue weighted by Gasteiger charge is -2.15. The quantitative estimate of drug-likeness (QED) is 0.213. The van der Waals surface area contributed by atoms with Crippen LogP contribution in [0.15, 0.2) is 109 Å². The summed E-state index contributed by atoms with van der Waals surface area (Å²) in [6, 6.07) is 35.8. The molecule has 0 saturated carbocycles. The van der Waals surface area contributed by atoms with Crippen molar-refractivity contribution in [3.05, 3.63) is 120 Å². The first-order chi connectivity index (χ1) is 18.6. The van der Waals surface area contributed by atoms with E-state index in [4.69, 9.17) is 4.74 Å². The Hall–Kier alpha value is -4.38. The molecule has 4 aromatic rings. The van der Waals surface area contributed by atoms with Crippen LogP contribution in [0.3, 0.4) is 0 Å². The van der Waals surface area contributed by atoms with Gasteiger partial charge in [-0.05, 0) is 64.8 Å². The number of hydrogen-bond acceptors (Lipinski definition) is 3. The molecule has 1 atom stereocenters. The van der Waals surface area contributed by atoms with Crippen LogP contribution in [0.4, 0.5) is 4.79 Å². The fourth-order valence-corrected chi connectivity index (χ4v) is 4.24. The van der Waals surface area contributed by atoms with Gasteiger partial charge < -0.3 is 15.4 Å². The molecule has 0 spiro atoms. The molecule has 4 rings (SSSR count). The smallest absolute Gasteiger partial charge is 0.407 e. The van der Waals surface area contributed by atoms with Crippen molar-refractivity contribution in [1.29, 1.82) is 0 Å². The summed E-state index contributed by atoms with van der Waals surface area (Å²) in [5, 5.41) is 5.89. The molecular formula is C33H34N2O3. The van der Waals surface area contributed by atoms with Gasteiger partial charge in [-0.2, -0.15) is 0 Å². The molecule has 0 aromatic heterocycles. The molecule has 0 heterocycles. The minimum atomic E-state index is -0.415. The van der Waals surface area contributed by atoms with Crippen molar-refractivity contribution in [2.45, 2.75) is 26.4 Å². The second kappa shape index (κ2) is 13.8. The van der Waals surface area contributed by atoms with Gasteiger partial charge in [0.1, 0.15) is 6.61 Å². The Bertz CT molecular complexity index is 1250. The maximum Gasteiger partial charge on any atom is 0.407 e. The van der Waals surface area contributed by atoms with Gasteiger partial charge in [-0.3, -0.25) is 4.79 Å². The first kappa shape index (κ1) is 26.7. The number of amides is 2. The topological polar surface area (TPSA) is 67.4 Å². The highest BCUT2D eigenvalue weighted by Gasteiger charge is 2.13. The van der Waals surface area contributed by atoms with Crippen LogP contribution in [-0.2, 0) is 11.3 Å². The molecule has 4 aromatic carbocycles. The minimum absolute atomic E-state index is 0.0885. The highest BCUT2D eigenvalue weighted by atomic mass is 16.5. The highest BCUT2D eigenvalue weighted by molar-refractivity contribution is 5.97. The van der Waals surface area contributed by atoms with Gasteiger partial charge >= 0.3 is 6.09 Å². The van der Waals surface area contributed by atoms with Crippen LogP contribution >= 0.6 is 0 Å². The summed E-state index contributed by atoms with van der Waals surface area (Å²) >= 11 is 0. The maximum absolute atomic E-state index is 13.1. The van der Waals surface area contributed by atoms with Gasteiger partial charge in [0.2, 0.25) is 0 Å². The van der Waals surface area contributed by atoms with Crippen LogP contribution in [0.1, 0.15) is 35.7 Å². The first-order valence-corrected chi connectivity index (χ1v) is 13.1. The van der Waals surface area contributed by atoms with Crippen molar-refractivity contribution in [3.8, 4) is 22.3 Å². The molecule has 0 radical (unpaired) electrons. The fourth-order valence-electron chi connectivity index (χ4n) is 4.24. The van der Waals surface area contributed by atoms with E-state index in [2.05, 4.69) is 47.9 Å². The number of nitrogens with one attached hydrogen (secondary N) is 2. The SMILES string of the molecule is C[C@@H](CCCNC(=O)OCc1ccccc1)CNC(=O)c1cc(-c2ccccc2)cc(-c2ccccc2)c1. The van der Waals surface area contributed by atoms with E-state index in [0.717, 1.165) is 40.7 Å². The summed E-state index contributed by atoms with van der Waals surface area (Å²) < 4.78 is 5.24. The maximum atomic E-state index is 13.1. The van der Waals surface area contributed by atoms with Crippen LogP contribution in [0.2, 0.25) is 0 Å². The molecule has 0 unspecified atom stereocenters. The van der Waals surface area contributed by atoms with E-state index in [1.54, 1.807) is 0 Å². The van der Waals surface area contributed by atoms with Crippen molar-refractivity contribution >= 4 is 12.0 Å². The molecule has 5 heteroatoms. The van der Waals surface area contributed by atoms with Gasteiger partial charge in [-0.1, -0.05) is 97.9 Å². The van der Waals surface area contributed by atoms with Crippen LogP contribution in [0.25, 0.3) is 22.3 Å². The van der Waals surface area contributed by atoms with E-state index in [1.165, 1.54) is 0 Å². The second-order valence-corrected chi connectivity index (χ2v) is 9.48. The number of alkyl carbamates (subject to hydrolysis) is 1. The summed E-state index contributed by atoms with van der Waals surface area (Å²) in [4.78, 5) is 25.0. The molecule has 0 aliphatic heterocycles. The predicted molar refractivity (Wildman–Crippen MR) is 153 cm³/mol. The molecule has 0 saturated heterocycles. The highest BCUT2D eigenvalue weighted by Crippen LogP contribution is 2.28. The summed E-state index contributed by atoms with van der Waals surface area (Å²) in [6.07, 6.45) is 1.26. The number of carbonyl (C=O) groups is 2. The average Bonchev–Trinajstić information content (AvgIpc) is 2.98. The summed E-state index contributed by atoms with van der Waals surface area (Å²) in [7, 11) is 0. The van der Waals surface area contributed by atoms with Gasteiger partial charge in [0, 0.05) is 18.7 Å². The van der Waals surface area contributed by atoms with Crippen LogP contribution in [-0.4, -0.2) is 25.1 Å². The van der Waals surface area contributed by atoms with Gasteiger partial charge in [-0.15, -0.1) is 0 Å². The number of benzene rings is 4. The van der Waals surface area contributed by atoms with E-state index in [1.807, 2.05) is 78.9 Å². The third-order valence-electron chi connectivity index (χ3n) is 6.38. The molecule has 2 amide bonds. The van der Waals surface area contributed by atoms with E-state index in [-0.39, 0.29) is 18.4 Å². The zero-order valence-electron chi connectivity index (χ0n) is 21.7. The van der Waals surface area contributed by atoms with Gasteiger partial charge in [0.05, 0.1) is 0 Å². The Labute approximate surface area is 224 Å². The monoisotopic (exact) mass is 506 g/mol. The van der Waals surface area contributed by atoms with Crippen LogP contribution in [0.5, 0.6) is 0 Å². The Balaban J connectivity index is 1.27. The lowest BCUT2D eigenvalue weighted by Crippen LogP contribution is -2.29. The van der Waals surface area contributed by atoms with Gasteiger partial charge in [0.25, 0.3) is 5.91 Å². The standard InChI is InChI=1S/C33H34N2O3/c1-25(12-11-19-34-33(37)38-24-26-13-5-2-6-14-26)23-35-32(36)31-21-29(27-15-7-3-8-16-27)20-30(22-31)28-17-9-4-10-18-28/h2-10,13-18,20-22,25H,11-12,19,23-24H2,1H3,(H,34,37)(H,35,36)/t25-/m0/s1. The Morgan fingerprint density at radius 3 is 1.84 bits per heavy atom. The average molecular weight is 507 g/mol. The first-order valence-electron chi connectivity index (χ1n) is 13.1. The lowest BCUT2D eigenvalue weighted by atomic mass is 9.95. The summed E-state index contributed by atoms with van der Waals surface area (Å²) in [5.74, 6) is 0.182. The number of hydrogen-bond donors (Lipinski definition) is 2. The van der Waals surface area contributed by atoms with Crippen LogP contribution < -0.4 is 10.6 Å². The third kappa shape index (κ3) is 8.07. The Kier molecular flexibility index (Phi) is 9.69. The Morgan fingerprint density at radius 2 is 1.26 bits per heavy atom. The van der Waals surface area contributed by atoms with E-state index in [0.29, 0.717) is 18.7 Å². The number of rotatable bonds is 11. The van der Waals surface area contributed by atoms with E-state index >= 15 is 0 Å². The normalized spacial score (nSPS) is 11.4. The largest absolute Gasteiger partial charge is 0.445 e. The van der Waals surface area contributed by atoms with Crippen molar-refractivity contribution in [3.63, 3.8) is 0 Å². The van der Waals surface area contributed by atoms with Crippen molar-refractivity contribution in [2.75, 3.05) is 13.1 Å². The molecule has 0 aliphatic rings. The summed E-state index contributed by atoms with van der Waals surface area (Å²) in [6.45, 7) is 3.45. The fraction of sp³-hybridized carbons (Fsp3) is 0.212. The van der Waals surface area contributed by atoms with Crippen molar-refractivity contribution in [2.24, 2.45) is 5.92 Å². The minimum Gasteiger partial charge on any atom is -0.445 e.